The molecule has 1 aliphatic heterocycles. The topological polar surface area (TPSA) is 69.8 Å². The molecule has 0 spiro atoms. The molecular weight excluding hydrogens is 264 g/mol. The number of carbonyl (C=O) groups is 1. The van der Waals surface area contributed by atoms with Crippen molar-refractivity contribution in [3.8, 4) is 0 Å². The summed E-state index contributed by atoms with van der Waals surface area (Å²) in [5.41, 5.74) is 1.60. The minimum atomic E-state index is -0.239. The van der Waals surface area contributed by atoms with E-state index < -0.39 is 0 Å². The van der Waals surface area contributed by atoms with Gasteiger partial charge in [0.15, 0.2) is 0 Å². The third kappa shape index (κ3) is 2.03. The Morgan fingerprint density at radius 2 is 2.24 bits per heavy atom. The zero-order chi connectivity index (χ0) is 14.3. The highest BCUT2D eigenvalue weighted by atomic mass is 16.2. The highest BCUT2D eigenvalue weighted by molar-refractivity contribution is 5.96. The summed E-state index contributed by atoms with van der Waals surface area (Å²) in [5.74, 6) is 1.15. The first-order valence-electron chi connectivity index (χ1n) is 7.75. The Morgan fingerprint density at radius 3 is 3.14 bits per heavy atom. The van der Waals surface area contributed by atoms with Crippen LogP contribution in [0.2, 0.25) is 0 Å². The molecule has 2 heterocycles. The van der Waals surface area contributed by atoms with Crippen LogP contribution in [0.5, 0.6) is 0 Å². The molecular formula is C16H20N4O. The molecule has 3 N–H and O–H groups in total. The van der Waals surface area contributed by atoms with E-state index in [0.717, 1.165) is 43.4 Å². The maximum absolute atomic E-state index is 12.8. The van der Waals surface area contributed by atoms with E-state index in [1.54, 1.807) is 0 Å². The molecule has 1 saturated heterocycles. The number of aromatic nitrogens is 2. The van der Waals surface area contributed by atoms with Crippen LogP contribution < -0.4 is 10.6 Å². The van der Waals surface area contributed by atoms with Crippen LogP contribution in [0, 0.1) is 11.3 Å². The van der Waals surface area contributed by atoms with Gasteiger partial charge < -0.3 is 10.3 Å². The van der Waals surface area contributed by atoms with Gasteiger partial charge in [0.1, 0.15) is 0 Å². The van der Waals surface area contributed by atoms with E-state index in [-0.39, 0.29) is 11.3 Å². The molecule has 1 saturated carbocycles. The highest BCUT2D eigenvalue weighted by Crippen LogP contribution is 2.44. The molecule has 21 heavy (non-hydrogen) atoms. The van der Waals surface area contributed by atoms with E-state index in [9.17, 15) is 4.79 Å². The van der Waals surface area contributed by atoms with Gasteiger partial charge in [0, 0.05) is 6.54 Å². The normalized spacial score (nSPS) is 28.5. The van der Waals surface area contributed by atoms with Crippen molar-refractivity contribution in [2.75, 3.05) is 18.4 Å². The van der Waals surface area contributed by atoms with Crippen LogP contribution in [-0.2, 0) is 4.79 Å². The minimum absolute atomic E-state index is 0.122. The van der Waals surface area contributed by atoms with Gasteiger partial charge in [-0.25, -0.2) is 4.98 Å². The molecule has 0 bridgehead atoms. The van der Waals surface area contributed by atoms with Crippen LogP contribution in [0.3, 0.4) is 0 Å². The largest absolute Gasteiger partial charge is 0.324 e. The van der Waals surface area contributed by atoms with Gasteiger partial charge >= 0.3 is 0 Å². The Hall–Kier alpha value is -1.88. The average molecular weight is 284 g/mol. The Kier molecular flexibility index (Phi) is 2.96. The van der Waals surface area contributed by atoms with Gasteiger partial charge in [-0.2, -0.15) is 0 Å². The first-order chi connectivity index (χ1) is 10.3. The molecule has 5 heteroatoms. The van der Waals surface area contributed by atoms with Crippen molar-refractivity contribution < 1.29 is 4.79 Å². The second-order valence-corrected chi connectivity index (χ2v) is 6.29. The Labute approximate surface area is 123 Å². The second kappa shape index (κ2) is 4.84. The summed E-state index contributed by atoms with van der Waals surface area (Å²) in [5, 5.41) is 6.42. The average Bonchev–Trinajstić information content (AvgIpc) is 3.10. The highest BCUT2D eigenvalue weighted by Gasteiger charge is 2.49. The minimum Gasteiger partial charge on any atom is -0.324 e. The summed E-state index contributed by atoms with van der Waals surface area (Å²) in [4.78, 5) is 20.5. The summed E-state index contributed by atoms with van der Waals surface area (Å²) in [6.07, 6.45) is 4.52. The molecule has 2 aliphatic rings. The first kappa shape index (κ1) is 12.8. The molecule has 1 amide bonds. The Balaban J connectivity index is 1.59. The number of hydrogen-bond acceptors (Lipinski definition) is 3. The number of H-pyrrole nitrogens is 1. The van der Waals surface area contributed by atoms with Gasteiger partial charge in [0.25, 0.3) is 0 Å². The number of fused-ring (bicyclic) bond motifs is 2. The van der Waals surface area contributed by atoms with Crippen molar-refractivity contribution in [3.63, 3.8) is 0 Å². The molecule has 1 aromatic heterocycles. The lowest BCUT2D eigenvalue weighted by molar-refractivity contribution is -0.128. The maximum atomic E-state index is 12.8. The van der Waals surface area contributed by atoms with E-state index in [2.05, 4.69) is 20.6 Å². The lowest BCUT2D eigenvalue weighted by atomic mass is 9.67. The summed E-state index contributed by atoms with van der Waals surface area (Å²) in [7, 11) is 0. The van der Waals surface area contributed by atoms with Crippen molar-refractivity contribution in [3.05, 3.63) is 24.3 Å². The number of imidazole rings is 1. The Bertz CT molecular complexity index is 647. The number of hydrogen-bond donors (Lipinski definition) is 3. The fourth-order valence-electron chi connectivity index (χ4n) is 3.93. The Morgan fingerprint density at radius 1 is 1.33 bits per heavy atom. The predicted molar refractivity (Wildman–Crippen MR) is 82.0 cm³/mol. The number of rotatable bonds is 2. The number of benzene rings is 1. The zero-order valence-corrected chi connectivity index (χ0v) is 12.0. The van der Waals surface area contributed by atoms with Crippen molar-refractivity contribution in [1.82, 2.24) is 15.3 Å². The number of nitrogens with one attached hydrogen (secondary N) is 3. The fourth-order valence-corrected chi connectivity index (χ4v) is 3.93. The molecule has 0 radical (unpaired) electrons. The molecule has 2 atom stereocenters. The van der Waals surface area contributed by atoms with Crippen LogP contribution in [0.15, 0.2) is 24.3 Å². The lowest BCUT2D eigenvalue weighted by Crippen LogP contribution is -2.44. The van der Waals surface area contributed by atoms with E-state index in [1.807, 2.05) is 24.3 Å². The summed E-state index contributed by atoms with van der Waals surface area (Å²) in [6, 6.07) is 7.82. The molecule has 5 nitrogen and oxygen atoms in total. The van der Waals surface area contributed by atoms with Crippen LogP contribution in [-0.4, -0.2) is 29.0 Å². The summed E-state index contributed by atoms with van der Waals surface area (Å²) >= 11 is 0. The summed E-state index contributed by atoms with van der Waals surface area (Å²) < 4.78 is 0. The van der Waals surface area contributed by atoms with Crippen LogP contribution in [0.4, 0.5) is 5.95 Å². The third-order valence-corrected chi connectivity index (χ3v) is 5.11. The van der Waals surface area contributed by atoms with E-state index in [1.165, 1.54) is 6.42 Å². The summed E-state index contributed by atoms with van der Waals surface area (Å²) in [6.45, 7) is 1.76. The van der Waals surface area contributed by atoms with E-state index >= 15 is 0 Å². The van der Waals surface area contributed by atoms with Crippen LogP contribution in [0.1, 0.15) is 25.7 Å². The van der Waals surface area contributed by atoms with Crippen LogP contribution in [0.25, 0.3) is 11.0 Å². The zero-order valence-electron chi connectivity index (χ0n) is 12.0. The monoisotopic (exact) mass is 284 g/mol. The van der Waals surface area contributed by atoms with Gasteiger partial charge in [-0.1, -0.05) is 25.0 Å². The standard InChI is InChI=1S/C16H20N4O/c21-14(16-8-4-3-5-11(16)9-17-10-16)20-15-18-12-6-1-2-7-13(12)19-15/h1-2,6-7,11,17H,3-5,8-10H2,(H2,18,19,20,21)/t11-,16+/m0/s1. The number of amides is 1. The number of aromatic amines is 1. The molecule has 110 valence electrons. The van der Waals surface area contributed by atoms with Gasteiger partial charge in [0.2, 0.25) is 11.9 Å². The number of carbonyl (C=O) groups excluding carboxylic acids is 1. The lowest BCUT2D eigenvalue weighted by Gasteiger charge is -2.36. The van der Waals surface area contributed by atoms with E-state index in [4.69, 9.17) is 0 Å². The quantitative estimate of drug-likeness (QED) is 0.792. The van der Waals surface area contributed by atoms with Gasteiger partial charge in [-0.3, -0.25) is 10.1 Å². The predicted octanol–water partition coefficient (Wildman–Crippen LogP) is 2.28. The fraction of sp³-hybridized carbons (Fsp3) is 0.500. The van der Waals surface area contributed by atoms with Crippen molar-refractivity contribution >= 4 is 22.9 Å². The number of anilines is 1. The second-order valence-electron chi connectivity index (χ2n) is 6.29. The smallest absolute Gasteiger partial charge is 0.234 e. The molecule has 4 rings (SSSR count). The van der Waals surface area contributed by atoms with Gasteiger partial charge in [0.05, 0.1) is 16.4 Å². The van der Waals surface area contributed by atoms with Crippen LogP contribution >= 0.6 is 0 Å². The third-order valence-electron chi connectivity index (χ3n) is 5.11. The SMILES string of the molecule is O=C(Nc1nc2ccccc2[nH]1)[C@@]12CCCC[C@H]1CNC2. The van der Waals surface area contributed by atoms with Crippen molar-refractivity contribution in [1.29, 1.82) is 0 Å². The van der Waals surface area contributed by atoms with E-state index in [0.29, 0.717) is 11.9 Å². The number of para-hydroxylation sites is 2. The molecule has 1 aromatic carbocycles. The van der Waals surface area contributed by atoms with Crippen molar-refractivity contribution in [2.24, 2.45) is 11.3 Å². The molecule has 1 aliphatic carbocycles. The molecule has 0 unspecified atom stereocenters. The molecule has 2 aromatic rings. The number of nitrogens with zero attached hydrogens (tertiary/aromatic N) is 1. The first-order valence-corrected chi connectivity index (χ1v) is 7.75. The molecule has 2 fully saturated rings. The van der Waals surface area contributed by atoms with Crippen molar-refractivity contribution in [2.45, 2.75) is 25.7 Å². The van der Waals surface area contributed by atoms with Gasteiger partial charge in [-0.15, -0.1) is 0 Å². The van der Waals surface area contributed by atoms with Gasteiger partial charge in [-0.05, 0) is 37.4 Å². The maximum Gasteiger partial charge on any atom is 0.234 e.